The van der Waals surface area contributed by atoms with Crippen LogP contribution in [0, 0.1) is 0 Å². The lowest BCUT2D eigenvalue weighted by Gasteiger charge is -2.19. The second kappa shape index (κ2) is 11.1. The molecular weight excluding hydrogens is 424 g/mol. The predicted octanol–water partition coefficient (Wildman–Crippen LogP) is 6.33. The molecule has 5 heteroatoms. The van der Waals surface area contributed by atoms with E-state index in [1.165, 1.54) is 13.8 Å². The number of halogens is 1. The number of hydrogen-bond acceptors (Lipinski definition) is 4. The minimum absolute atomic E-state index is 0.0711. The van der Waals surface area contributed by atoms with Gasteiger partial charge in [0.2, 0.25) is 0 Å². The van der Waals surface area contributed by atoms with E-state index < -0.39 is 6.10 Å². The molecule has 166 valence electrons. The number of ketones is 2. The van der Waals surface area contributed by atoms with Crippen LogP contribution in [-0.4, -0.2) is 24.8 Å². The fraction of sp³-hybridized carbons (Fsp3) is 0.259. The van der Waals surface area contributed by atoms with Crippen LogP contribution in [0.1, 0.15) is 41.8 Å². The maximum Gasteiger partial charge on any atom is 0.170 e. The highest BCUT2D eigenvalue weighted by Gasteiger charge is 2.19. The topological polar surface area (TPSA) is 52.6 Å². The van der Waals surface area contributed by atoms with Crippen LogP contribution < -0.4 is 4.74 Å². The van der Waals surface area contributed by atoms with Gasteiger partial charge >= 0.3 is 0 Å². The molecule has 0 bridgehead atoms. The first-order chi connectivity index (χ1) is 15.4. The largest absolute Gasteiger partial charge is 0.482 e. The molecule has 0 saturated carbocycles. The maximum absolute atomic E-state index is 12.2. The van der Waals surface area contributed by atoms with Crippen molar-refractivity contribution in [3.05, 3.63) is 88.4 Å². The van der Waals surface area contributed by atoms with E-state index in [-0.39, 0.29) is 11.6 Å². The molecule has 0 aliphatic carbocycles. The Morgan fingerprint density at radius 1 is 0.875 bits per heavy atom. The summed E-state index contributed by atoms with van der Waals surface area (Å²) in [5.41, 5.74) is 4.65. The molecule has 0 aromatic heterocycles. The summed E-state index contributed by atoms with van der Waals surface area (Å²) in [6.45, 7) is 3.41. The fourth-order valence-corrected chi connectivity index (χ4v) is 3.64. The third kappa shape index (κ3) is 6.28. The highest BCUT2D eigenvalue weighted by Crippen LogP contribution is 2.25. The van der Waals surface area contributed by atoms with E-state index in [2.05, 4.69) is 24.3 Å². The number of aryl methyl sites for hydroxylation is 1. The van der Waals surface area contributed by atoms with E-state index in [0.717, 1.165) is 22.3 Å². The second-order valence-electron chi connectivity index (χ2n) is 7.78. The Balaban J connectivity index is 1.69. The van der Waals surface area contributed by atoms with E-state index in [1.54, 1.807) is 19.2 Å². The van der Waals surface area contributed by atoms with Crippen molar-refractivity contribution in [2.24, 2.45) is 0 Å². The molecule has 0 radical (unpaired) electrons. The molecule has 4 nitrogen and oxygen atoms in total. The molecule has 0 fully saturated rings. The number of ether oxygens (including phenoxy) is 2. The van der Waals surface area contributed by atoms with Crippen molar-refractivity contribution < 1.29 is 19.1 Å². The van der Waals surface area contributed by atoms with Gasteiger partial charge in [0.1, 0.15) is 5.75 Å². The van der Waals surface area contributed by atoms with Gasteiger partial charge in [-0.25, -0.2) is 0 Å². The van der Waals surface area contributed by atoms with Crippen LogP contribution in [0.2, 0.25) is 5.02 Å². The molecule has 3 aromatic rings. The average molecular weight is 451 g/mol. The quantitative estimate of drug-likeness (QED) is 0.339. The average Bonchev–Trinajstić information content (AvgIpc) is 2.78. The Morgan fingerprint density at radius 2 is 1.47 bits per heavy atom. The summed E-state index contributed by atoms with van der Waals surface area (Å²) >= 11 is 5.96. The van der Waals surface area contributed by atoms with Gasteiger partial charge in [-0.1, -0.05) is 54.1 Å². The second-order valence-corrected chi connectivity index (χ2v) is 8.22. The first kappa shape index (κ1) is 23.7. The Bertz CT molecular complexity index is 1070. The first-order valence-electron chi connectivity index (χ1n) is 10.5. The van der Waals surface area contributed by atoms with Gasteiger partial charge < -0.3 is 9.47 Å². The molecule has 0 amide bonds. The zero-order chi connectivity index (χ0) is 23.1. The number of benzene rings is 3. The highest BCUT2D eigenvalue weighted by molar-refractivity contribution is 6.30. The third-order valence-electron chi connectivity index (χ3n) is 5.28. The molecular formula is C27H27ClO4. The lowest BCUT2D eigenvalue weighted by atomic mass is 10.00. The van der Waals surface area contributed by atoms with E-state index in [1.807, 2.05) is 30.3 Å². The number of methoxy groups -OCH3 is 1. The number of Topliss-reactive ketones (excluding diaryl/α,β-unsaturated/α-hetero) is 2. The molecule has 0 aliphatic heterocycles. The number of carbonyl (C=O) groups is 2. The van der Waals surface area contributed by atoms with Crippen LogP contribution in [0.25, 0.3) is 11.1 Å². The van der Waals surface area contributed by atoms with Crippen LogP contribution in [0.5, 0.6) is 5.75 Å². The molecule has 1 atom stereocenters. The van der Waals surface area contributed by atoms with Crippen molar-refractivity contribution in [2.75, 3.05) is 7.11 Å². The van der Waals surface area contributed by atoms with Crippen molar-refractivity contribution in [3.8, 4) is 16.9 Å². The van der Waals surface area contributed by atoms with Gasteiger partial charge in [-0.05, 0) is 73.2 Å². The van der Waals surface area contributed by atoms with Gasteiger partial charge in [-0.3, -0.25) is 9.59 Å². The fourth-order valence-electron chi connectivity index (χ4n) is 3.51. The number of carbonyl (C=O) groups excluding carboxylic acids is 2. The van der Waals surface area contributed by atoms with E-state index in [0.29, 0.717) is 35.8 Å². The van der Waals surface area contributed by atoms with Crippen LogP contribution in [0.4, 0.5) is 0 Å². The van der Waals surface area contributed by atoms with Crippen LogP contribution >= 0.6 is 11.6 Å². The minimum Gasteiger partial charge on any atom is -0.482 e. The Kier molecular flexibility index (Phi) is 8.20. The molecule has 0 spiro atoms. The highest BCUT2D eigenvalue weighted by atomic mass is 35.5. The van der Waals surface area contributed by atoms with Crippen molar-refractivity contribution in [1.82, 2.24) is 0 Å². The summed E-state index contributed by atoms with van der Waals surface area (Å²) in [5, 5.41) is 0.710. The molecule has 32 heavy (non-hydrogen) atoms. The van der Waals surface area contributed by atoms with Crippen LogP contribution in [-0.2, 0) is 22.6 Å². The zero-order valence-corrected chi connectivity index (χ0v) is 19.3. The first-order valence-corrected chi connectivity index (χ1v) is 10.9. The van der Waals surface area contributed by atoms with Crippen LogP contribution in [0.15, 0.2) is 66.7 Å². The SMILES string of the molecule is COCc1ccc(OC(CCc2ccc(-c3ccc(Cl)cc3)cc2)C(C)=O)c(C(C)=O)c1. The van der Waals surface area contributed by atoms with Gasteiger partial charge in [-0.15, -0.1) is 0 Å². The molecule has 0 N–H and O–H groups in total. The third-order valence-corrected chi connectivity index (χ3v) is 5.54. The summed E-state index contributed by atoms with van der Waals surface area (Å²) in [5.74, 6) is 0.243. The van der Waals surface area contributed by atoms with Gasteiger partial charge in [0.25, 0.3) is 0 Å². The van der Waals surface area contributed by atoms with Crippen molar-refractivity contribution in [2.45, 2.75) is 39.4 Å². The Morgan fingerprint density at radius 3 is 2.03 bits per heavy atom. The number of hydrogen-bond donors (Lipinski definition) is 0. The monoisotopic (exact) mass is 450 g/mol. The molecule has 0 aliphatic rings. The normalized spacial score (nSPS) is 11.8. The summed E-state index contributed by atoms with van der Waals surface area (Å²) < 4.78 is 11.1. The molecule has 0 heterocycles. The summed E-state index contributed by atoms with van der Waals surface area (Å²) in [7, 11) is 1.60. The minimum atomic E-state index is -0.627. The van der Waals surface area contributed by atoms with E-state index in [4.69, 9.17) is 21.1 Å². The number of rotatable bonds is 10. The van der Waals surface area contributed by atoms with E-state index in [9.17, 15) is 9.59 Å². The summed E-state index contributed by atoms with van der Waals surface area (Å²) in [4.78, 5) is 24.4. The molecule has 1 unspecified atom stereocenters. The van der Waals surface area contributed by atoms with E-state index >= 15 is 0 Å². The Hall–Kier alpha value is -2.95. The molecule has 3 rings (SSSR count). The standard InChI is InChI=1S/C27H27ClO4/c1-18(29)25-16-21(17-31-3)7-15-27(25)32-26(19(2)30)14-6-20-4-8-22(9-5-20)23-10-12-24(28)13-11-23/h4-5,7-13,15-16,26H,6,14,17H2,1-3H3. The van der Waals surface area contributed by atoms with Crippen molar-refractivity contribution in [1.29, 1.82) is 0 Å². The summed E-state index contributed by atoms with van der Waals surface area (Å²) in [6.07, 6.45) is 0.576. The maximum atomic E-state index is 12.2. The van der Waals surface area contributed by atoms with Crippen LogP contribution in [0.3, 0.4) is 0 Å². The zero-order valence-electron chi connectivity index (χ0n) is 18.6. The predicted molar refractivity (Wildman–Crippen MR) is 127 cm³/mol. The summed E-state index contributed by atoms with van der Waals surface area (Å²) in [6, 6.07) is 21.3. The lowest BCUT2D eigenvalue weighted by molar-refractivity contribution is -0.123. The van der Waals surface area contributed by atoms with Crippen molar-refractivity contribution >= 4 is 23.2 Å². The van der Waals surface area contributed by atoms with Gasteiger partial charge in [-0.2, -0.15) is 0 Å². The van der Waals surface area contributed by atoms with Gasteiger partial charge in [0, 0.05) is 12.1 Å². The lowest BCUT2D eigenvalue weighted by Crippen LogP contribution is -2.26. The van der Waals surface area contributed by atoms with Gasteiger partial charge in [0.15, 0.2) is 17.7 Å². The smallest absolute Gasteiger partial charge is 0.170 e. The molecule has 0 saturated heterocycles. The Labute approximate surface area is 194 Å². The van der Waals surface area contributed by atoms with Gasteiger partial charge in [0.05, 0.1) is 12.2 Å². The molecule has 3 aromatic carbocycles. The van der Waals surface area contributed by atoms with Crippen molar-refractivity contribution in [3.63, 3.8) is 0 Å².